The summed E-state index contributed by atoms with van der Waals surface area (Å²) in [6, 6.07) is 22.2. The van der Waals surface area contributed by atoms with Crippen LogP contribution in [0.4, 0.5) is 0 Å². The van der Waals surface area contributed by atoms with Gasteiger partial charge in [0, 0.05) is 11.1 Å². The molecule has 30 heavy (non-hydrogen) atoms. The number of phenols is 1. The Balaban J connectivity index is 1.85. The minimum Gasteiger partial charge on any atom is -0.508 e. The SMILES string of the molecule is NS(=O)(=O)c1ccc(-n2nc(-c3ccc(O)cc3)cc2-c2ccc(CO)cc2)cc1. The molecule has 3 aromatic carbocycles. The van der Waals surface area contributed by atoms with Crippen molar-refractivity contribution in [2.45, 2.75) is 11.5 Å². The molecule has 8 heteroatoms. The zero-order valence-electron chi connectivity index (χ0n) is 15.8. The van der Waals surface area contributed by atoms with Crippen LogP contribution in [0.1, 0.15) is 5.56 Å². The Labute approximate surface area is 173 Å². The van der Waals surface area contributed by atoms with Crippen molar-refractivity contribution >= 4 is 10.0 Å². The van der Waals surface area contributed by atoms with Crippen molar-refractivity contribution in [2.75, 3.05) is 0 Å². The van der Waals surface area contributed by atoms with E-state index < -0.39 is 10.0 Å². The van der Waals surface area contributed by atoms with Crippen LogP contribution in [0.3, 0.4) is 0 Å². The second-order valence-corrected chi connectivity index (χ2v) is 8.33. The summed E-state index contributed by atoms with van der Waals surface area (Å²) >= 11 is 0. The summed E-state index contributed by atoms with van der Waals surface area (Å²) in [6.45, 7) is -0.0483. The number of aliphatic hydroxyl groups excluding tert-OH is 1. The van der Waals surface area contributed by atoms with Crippen molar-refractivity contribution in [1.82, 2.24) is 9.78 Å². The molecule has 152 valence electrons. The number of hydrogen-bond donors (Lipinski definition) is 3. The number of phenolic OH excluding ortho intramolecular Hbond substituents is 1. The van der Waals surface area contributed by atoms with E-state index in [1.54, 1.807) is 41.1 Å². The van der Waals surface area contributed by atoms with Crippen molar-refractivity contribution < 1.29 is 18.6 Å². The van der Waals surface area contributed by atoms with Gasteiger partial charge in [-0.2, -0.15) is 5.10 Å². The number of nitrogens with two attached hydrogens (primary N) is 1. The first-order valence-corrected chi connectivity index (χ1v) is 10.6. The molecule has 0 spiro atoms. The van der Waals surface area contributed by atoms with Crippen LogP contribution < -0.4 is 5.14 Å². The fourth-order valence-corrected chi connectivity index (χ4v) is 3.63. The number of aromatic hydroxyl groups is 1. The van der Waals surface area contributed by atoms with Gasteiger partial charge in [-0.1, -0.05) is 24.3 Å². The average molecular weight is 421 g/mol. The number of aromatic nitrogens is 2. The summed E-state index contributed by atoms with van der Waals surface area (Å²) in [5, 5.41) is 28.7. The van der Waals surface area contributed by atoms with E-state index in [0.717, 1.165) is 22.4 Å². The summed E-state index contributed by atoms with van der Waals surface area (Å²) in [6.07, 6.45) is 0. The smallest absolute Gasteiger partial charge is 0.238 e. The van der Waals surface area contributed by atoms with Crippen LogP contribution >= 0.6 is 0 Å². The molecule has 0 atom stereocenters. The predicted molar refractivity (Wildman–Crippen MR) is 113 cm³/mol. The maximum Gasteiger partial charge on any atom is 0.238 e. The van der Waals surface area contributed by atoms with Gasteiger partial charge in [0.2, 0.25) is 10.0 Å². The lowest BCUT2D eigenvalue weighted by Gasteiger charge is -2.09. The van der Waals surface area contributed by atoms with E-state index in [9.17, 15) is 18.6 Å². The lowest BCUT2D eigenvalue weighted by atomic mass is 10.1. The Bertz CT molecular complexity index is 1280. The Hall–Kier alpha value is -3.46. The zero-order chi connectivity index (χ0) is 21.3. The van der Waals surface area contributed by atoms with Gasteiger partial charge in [0.05, 0.1) is 28.6 Å². The fraction of sp³-hybridized carbons (Fsp3) is 0.0455. The van der Waals surface area contributed by atoms with E-state index in [1.807, 2.05) is 30.3 Å². The molecule has 0 saturated heterocycles. The molecule has 1 heterocycles. The number of nitrogens with zero attached hydrogens (tertiary/aromatic N) is 2. The molecule has 0 amide bonds. The summed E-state index contributed by atoms with van der Waals surface area (Å²) < 4.78 is 24.8. The van der Waals surface area contributed by atoms with E-state index in [2.05, 4.69) is 0 Å². The third kappa shape index (κ3) is 3.97. The van der Waals surface area contributed by atoms with Gasteiger partial charge in [-0.15, -0.1) is 0 Å². The van der Waals surface area contributed by atoms with Gasteiger partial charge < -0.3 is 10.2 Å². The number of hydrogen-bond acceptors (Lipinski definition) is 5. The summed E-state index contributed by atoms with van der Waals surface area (Å²) in [5.74, 6) is 0.164. The highest BCUT2D eigenvalue weighted by Gasteiger charge is 2.15. The first-order chi connectivity index (χ1) is 14.3. The van der Waals surface area contributed by atoms with Crippen molar-refractivity contribution in [3.63, 3.8) is 0 Å². The molecular weight excluding hydrogens is 402 g/mol. The van der Waals surface area contributed by atoms with E-state index in [4.69, 9.17) is 10.2 Å². The Morgan fingerprint density at radius 2 is 1.47 bits per heavy atom. The van der Waals surface area contributed by atoms with Crippen LogP contribution in [0.25, 0.3) is 28.2 Å². The second-order valence-electron chi connectivity index (χ2n) is 6.77. The van der Waals surface area contributed by atoms with Crippen LogP contribution in [-0.2, 0) is 16.6 Å². The maximum absolute atomic E-state index is 11.6. The minimum absolute atomic E-state index is 0.0195. The molecule has 4 N–H and O–H groups in total. The van der Waals surface area contributed by atoms with Crippen molar-refractivity contribution in [3.8, 4) is 34.0 Å². The number of rotatable bonds is 5. The molecule has 7 nitrogen and oxygen atoms in total. The summed E-state index contributed by atoms with van der Waals surface area (Å²) in [4.78, 5) is 0.0195. The van der Waals surface area contributed by atoms with Gasteiger partial charge in [0.15, 0.2) is 0 Å². The molecule has 0 unspecified atom stereocenters. The highest BCUT2D eigenvalue weighted by Crippen LogP contribution is 2.30. The van der Waals surface area contributed by atoms with E-state index in [0.29, 0.717) is 11.4 Å². The normalized spacial score (nSPS) is 11.5. The van der Waals surface area contributed by atoms with Gasteiger partial charge >= 0.3 is 0 Å². The van der Waals surface area contributed by atoms with E-state index in [1.165, 1.54) is 12.1 Å². The zero-order valence-corrected chi connectivity index (χ0v) is 16.6. The Kier molecular flexibility index (Phi) is 5.13. The quantitative estimate of drug-likeness (QED) is 0.458. The second kappa shape index (κ2) is 7.75. The average Bonchev–Trinajstić information content (AvgIpc) is 3.19. The summed E-state index contributed by atoms with van der Waals surface area (Å²) in [5.41, 5.74) is 4.62. The van der Waals surface area contributed by atoms with Gasteiger partial charge in [-0.3, -0.25) is 0 Å². The molecular formula is C22H19N3O4S. The van der Waals surface area contributed by atoms with Crippen molar-refractivity contribution in [1.29, 1.82) is 0 Å². The lowest BCUT2D eigenvalue weighted by Crippen LogP contribution is -2.12. The number of aliphatic hydroxyl groups is 1. The Morgan fingerprint density at radius 1 is 0.867 bits per heavy atom. The third-order valence-corrected chi connectivity index (χ3v) is 5.64. The fourth-order valence-electron chi connectivity index (χ4n) is 3.11. The Morgan fingerprint density at radius 3 is 2.03 bits per heavy atom. The highest BCUT2D eigenvalue weighted by atomic mass is 32.2. The van der Waals surface area contributed by atoms with Crippen LogP contribution in [0.5, 0.6) is 5.75 Å². The van der Waals surface area contributed by atoms with Crippen molar-refractivity contribution in [2.24, 2.45) is 5.14 Å². The molecule has 0 aliphatic heterocycles. The molecule has 0 aliphatic rings. The molecule has 0 aliphatic carbocycles. The lowest BCUT2D eigenvalue weighted by molar-refractivity contribution is 0.282. The topological polar surface area (TPSA) is 118 Å². The van der Waals surface area contributed by atoms with Gasteiger partial charge in [0.25, 0.3) is 0 Å². The molecule has 0 saturated carbocycles. The maximum atomic E-state index is 11.6. The highest BCUT2D eigenvalue weighted by molar-refractivity contribution is 7.89. The first-order valence-electron chi connectivity index (χ1n) is 9.08. The molecule has 4 aromatic rings. The summed E-state index contributed by atoms with van der Waals surface area (Å²) in [7, 11) is -3.79. The molecule has 1 aromatic heterocycles. The number of primary sulfonamides is 1. The predicted octanol–water partition coefficient (Wildman–Crippen LogP) is 3.05. The van der Waals surface area contributed by atoms with Crippen LogP contribution in [0.2, 0.25) is 0 Å². The van der Waals surface area contributed by atoms with Gasteiger partial charge in [-0.05, 0) is 60.2 Å². The molecule has 4 rings (SSSR count). The standard InChI is InChI=1S/C22H19N3O4S/c23-30(28,29)20-11-7-18(8-12-20)25-22(17-3-1-15(14-26)2-4-17)13-21(24-25)16-5-9-19(27)10-6-16/h1-13,26-27H,14H2,(H2,23,28,29). The first kappa shape index (κ1) is 19.8. The minimum atomic E-state index is -3.79. The number of benzene rings is 3. The molecule has 0 bridgehead atoms. The molecule has 0 radical (unpaired) electrons. The monoisotopic (exact) mass is 421 g/mol. The van der Waals surface area contributed by atoms with E-state index >= 15 is 0 Å². The van der Waals surface area contributed by atoms with Crippen LogP contribution in [0, 0.1) is 0 Å². The van der Waals surface area contributed by atoms with Crippen LogP contribution in [0.15, 0.2) is 83.8 Å². The molecule has 0 fully saturated rings. The third-order valence-electron chi connectivity index (χ3n) is 4.71. The largest absolute Gasteiger partial charge is 0.508 e. The van der Waals surface area contributed by atoms with Gasteiger partial charge in [-0.25, -0.2) is 18.2 Å². The van der Waals surface area contributed by atoms with Crippen LogP contribution in [-0.4, -0.2) is 28.4 Å². The number of sulfonamides is 1. The van der Waals surface area contributed by atoms with Crippen molar-refractivity contribution in [3.05, 3.63) is 84.4 Å². The van der Waals surface area contributed by atoms with E-state index in [-0.39, 0.29) is 17.3 Å². The van der Waals surface area contributed by atoms with Gasteiger partial charge in [0.1, 0.15) is 5.75 Å².